The lowest BCUT2D eigenvalue weighted by Crippen LogP contribution is -2.22. The molecule has 0 saturated carbocycles. The number of amides is 1. The summed E-state index contributed by atoms with van der Waals surface area (Å²) < 4.78 is 10.6. The van der Waals surface area contributed by atoms with Crippen LogP contribution in [0.5, 0.6) is 11.5 Å². The first-order valence-corrected chi connectivity index (χ1v) is 6.65. The third-order valence-corrected chi connectivity index (χ3v) is 3.57. The SMILES string of the molecule is COc1cccc(OC)c1CNC(=O)c1cccs1. The van der Waals surface area contributed by atoms with Crippen LogP contribution in [0.3, 0.4) is 0 Å². The number of thiophene rings is 1. The lowest BCUT2D eigenvalue weighted by atomic mass is 10.1. The minimum atomic E-state index is -0.0945. The van der Waals surface area contributed by atoms with Crippen LogP contribution in [0.4, 0.5) is 0 Å². The molecule has 0 saturated heterocycles. The summed E-state index contributed by atoms with van der Waals surface area (Å²) in [7, 11) is 3.19. The maximum atomic E-state index is 11.9. The lowest BCUT2D eigenvalue weighted by molar-refractivity contribution is 0.0954. The third-order valence-electron chi connectivity index (χ3n) is 2.70. The van der Waals surface area contributed by atoms with Gasteiger partial charge in [0, 0.05) is 0 Å². The Bertz CT molecular complexity index is 530. The first-order valence-electron chi connectivity index (χ1n) is 5.78. The van der Waals surface area contributed by atoms with Crippen LogP contribution in [-0.4, -0.2) is 20.1 Å². The molecule has 0 aliphatic heterocycles. The molecule has 5 heteroatoms. The van der Waals surface area contributed by atoms with Crippen molar-refractivity contribution in [3.8, 4) is 11.5 Å². The molecule has 1 aromatic carbocycles. The van der Waals surface area contributed by atoms with E-state index in [2.05, 4.69) is 5.32 Å². The highest BCUT2D eigenvalue weighted by Crippen LogP contribution is 2.28. The second-order valence-electron chi connectivity index (χ2n) is 3.80. The zero-order valence-corrected chi connectivity index (χ0v) is 11.6. The number of nitrogens with one attached hydrogen (secondary N) is 1. The number of carbonyl (C=O) groups is 1. The van der Waals surface area contributed by atoms with Gasteiger partial charge in [-0.2, -0.15) is 0 Å². The summed E-state index contributed by atoms with van der Waals surface area (Å²) in [6.07, 6.45) is 0. The predicted octanol–water partition coefficient (Wildman–Crippen LogP) is 2.70. The third kappa shape index (κ3) is 3.06. The van der Waals surface area contributed by atoms with E-state index >= 15 is 0 Å². The van der Waals surface area contributed by atoms with Gasteiger partial charge in [0.25, 0.3) is 5.91 Å². The van der Waals surface area contributed by atoms with Crippen molar-refractivity contribution < 1.29 is 14.3 Å². The van der Waals surface area contributed by atoms with Gasteiger partial charge in [-0.1, -0.05) is 12.1 Å². The maximum Gasteiger partial charge on any atom is 0.261 e. The van der Waals surface area contributed by atoms with Gasteiger partial charge in [0.1, 0.15) is 11.5 Å². The van der Waals surface area contributed by atoms with Crippen LogP contribution < -0.4 is 14.8 Å². The molecule has 0 aliphatic rings. The van der Waals surface area contributed by atoms with Crippen LogP contribution in [0.25, 0.3) is 0 Å². The second kappa shape index (κ2) is 6.24. The first-order chi connectivity index (χ1) is 9.26. The number of rotatable bonds is 5. The molecule has 0 fully saturated rings. The molecule has 1 N–H and O–H groups in total. The molecule has 0 aliphatic carbocycles. The van der Waals surface area contributed by atoms with Gasteiger partial charge < -0.3 is 14.8 Å². The van der Waals surface area contributed by atoms with Crippen molar-refractivity contribution in [2.24, 2.45) is 0 Å². The van der Waals surface area contributed by atoms with Gasteiger partial charge in [0.15, 0.2) is 0 Å². The van der Waals surface area contributed by atoms with Crippen LogP contribution in [0.1, 0.15) is 15.2 Å². The maximum absolute atomic E-state index is 11.9. The average molecular weight is 277 g/mol. The van der Waals surface area contributed by atoms with Gasteiger partial charge in [-0.15, -0.1) is 11.3 Å². The molecule has 19 heavy (non-hydrogen) atoms. The van der Waals surface area contributed by atoms with Crippen LogP contribution in [-0.2, 0) is 6.54 Å². The highest BCUT2D eigenvalue weighted by atomic mass is 32.1. The van der Waals surface area contributed by atoms with Gasteiger partial charge >= 0.3 is 0 Å². The van der Waals surface area contributed by atoms with Crippen molar-refractivity contribution >= 4 is 17.2 Å². The van der Waals surface area contributed by atoms with Gasteiger partial charge in [-0.05, 0) is 23.6 Å². The molecular weight excluding hydrogens is 262 g/mol. The quantitative estimate of drug-likeness (QED) is 0.914. The summed E-state index contributed by atoms with van der Waals surface area (Å²) >= 11 is 1.41. The van der Waals surface area contributed by atoms with Crippen molar-refractivity contribution in [3.05, 3.63) is 46.2 Å². The lowest BCUT2D eigenvalue weighted by Gasteiger charge is -2.13. The molecule has 4 nitrogen and oxygen atoms in total. The molecule has 100 valence electrons. The fourth-order valence-electron chi connectivity index (χ4n) is 1.77. The minimum Gasteiger partial charge on any atom is -0.496 e. The van der Waals surface area contributed by atoms with Crippen molar-refractivity contribution in [2.75, 3.05) is 14.2 Å². The predicted molar refractivity (Wildman–Crippen MR) is 75.0 cm³/mol. The number of hydrogen-bond acceptors (Lipinski definition) is 4. The monoisotopic (exact) mass is 277 g/mol. The van der Waals surface area contributed by atoms with Crippen molar-refractivity contribution in [2.45, 2.75) is 6.54 Å². The van der Waals surface area contributed by atoms with Crippen molar-refractivity contribution in [3.63, 3.8) is 0 Å². The van der Waals surface area contributed by atoms with E-state index < -0.39 is 0 Å². The fourth-order valence-corrected chi connectivity index (χ4v) is 2.41. The molecule has 0 unspecified atom stereocenters. The Morgan fingerprint density at radius 3 is 2.37 bits per heavy atom. The van der Waals surface area contributed by atoms with Crippen LogP contribution in [0, 0.1) is 0 Å². The summed E-state index contributed by atoms with van der Waals surface area (Å²) in [6.45, 7) is 0.365. The van der Waals surface area contributed by atoms with Crippen molar-refractivity contribution in [1.82, 2.24) is 5.32 Å². The molecule has 2 aromatic rings. The van der Waals surface area contributed by atoms with E-state index in [0.717, 1.165) is 5.56 Å². The summed E-state index contributed by atoms with van der Waals surface area (Å²) in [4.78, 5) is 12.6. The summed E-state index contributed by atoms with van der Waals surface area (Å²) in [5, 5.41) is 4.74. The summed E-state index contributed by atoms with van der Waals surface area (Å²) in [6, 6.07) is 9.18. The zero-order valence-electron chi connectivity index (χ0n) is 10.8. The first kappa shape index (κ1) is 13.4. The number of benzene rings is 1. The zero-order chi connectivity index (χ0) is 13.7. The Labute approximate surface area is 116 Å². The van der Waals surface area contributed by atoms with Gasteiger partial charge in [-0.3, -0.25) is 4.79 Å². The minimum absolute atomic E-state index is 0.0945. The van der Waals surface area contributed by atoms with E-state index in [-0.39, 0.29) is 5.91 Å². The Balaban J connectivity index is 2.12. The Morgan fingerprint density at radius 1 is 1.16 bits per heavy atom. The molecule has 1 heterocycles. The summed E-state index contributed by atoms with van der Waals surface area (Å²) in [5.41, 5.74) is 0.831. The Hall–Kier alpha value is -2.01. The average Bonchev–Trinajstić information content (AvgIpc) is 2.98. The van der Waals surface area contributed by atoms with E-state index in [1.54, 1.807) is 20.3 Å². The van der Waals surface area contributed by atoms with Crippen LogP contribution >= 0.6 is 11.3 Å². The molecule has 0 atom stereocenters. The fraction of sp³-hybridized carbons (Fsp3) is 0.214. The number of hydrogen-bond donors (Lipinski definition) is 1. The smallest absolute Gasteiger partial charge is 0.261 e. The number of carbonyl (C=O) groups excluding carboxylic acids is 1. The number of methoxy groups -OCH3 is 2. The topological polar surface area (TPSA) is 47.6 Å². The van der Waals surface area contributed by atoms with E-state index in [1.165, 1.54) is 11.3 Å². The molecule has 0 bridgehead atoms. The van der Waals surface area contributed by atoms with Gasteiger partial charge in [0.2, 0.25) is 0 Å². The second-order valence-corrected chi connectivity index (χ2v) is 4.75. The van der Waals surface area contributed by atoms with Gasteiger partial charge in [0.05, 0.1) is 31.2 Å². The number of ether oxygens (including phenoxy) is 2. The highest BCUT2D eigenvalue weighted by molar-refractivity contribution is 7.12. The molecule has 1 amide bonds. The van der Waals surface area contributed by atoms with E-state index in [4.69, 9.17) is 9.47 Å². The van der Waals surface area contributed by atoms with Crippen molar-refractivity contribution in [1.29, 1.82) is 0 Å². The molecule has 0 radical (unpaired) electrons. The molecule has 0 spiro atoms. The highest BCUT2D eigenvalue weighted by Gasteiger charge is 2.12. The summed E-state index contributed by atoms with van der Waals surface area (Å²) in [5.74, 6) is 1.31. The standard InChI is InChI=1S/C14H15NO3S/c1-17-11-5-3-6-12(18-2)10(11)9-15-14(16)13-7-4-8-19-13/h3-8H,9H2,1-2H3,(H,15,16). The van der Waals surface area contributed by atoms with E-state index in [1.807, 2.05) is 29.6 Å². The van der Waals surface area contributed by atoms with Gasteiger partial charge in [-0.25, -0.2) is 0 Å². The largest absolute Gasteiger partial charge is 0.496 e. The molecule has 2 rings (SSSR count). The molecular formula is C14H15NO3S. The van der Waals surface area contributed by atoms with Crippen LogP contribution in [0.2, 0.25) is 0 Å². The van der Waals surface area contributed by atoms with Crippen LogP contribution in [0.15, 0.2) is 35.7 Å². The van der Waals surface area contributed by atoms with E-state index in [9.17, 15) is 4.79 Å². The molecule has 1 aromatic heterocycles. The normalized spacial score (nSPS) is 10.0. The Morgan fingerprint density at radius 2 is 1.84 bits per heavy atom. The van der Waals surface area contributed by atoms with E-state index in [0.29, 0.717) is 22.9 Å². The Kier molecular flexibility index (Phi) is 4.41.